The Bertz CT molecular complexity index is 777. The highest BCUT2D eigenvalue weighted by Gasteiger charge is 2.18. The average Bonchev–Trinajstić information content (AvgIpc) is 2.82. The van der Waals surface area contributed by atoms with Crippen molar-refractivity contribution in [2.24, 2.45) is 4.99 Å². The van der Waals surface area contributed by atoms with E-state index in [9.17, 15) is 0 Å². The Morgan fingerprint density at radius 2 is 1.50 bits per heavy atom. The molecule has 110 valence electrons. The summed E-state index contributed by atoms with van der Waals surface area (Å²) in [4.78, 5) is 4.61. The molecule has 0 saturated heterocycles. The van der Waals surface area contributed by atoms with Gasteiger partial charge in [0.25, 0.3) is 0 Å². The van der Waals surface area contributed by atoms with Crippen LogP contribution >= 0.6 is 0 Å². The van der Waals surface area contributed by atoms with Crippen LogP contribution in [-0.2, 0) is 0 Å². The minimum atomic E-state index is 0.986. The van der Waals surface area contributed by atoms with Crippen LogP contribution in [0, 0.1) is 0 Å². The first-order chi connectivity index (χ1) is 10.7. The molecule has 22 heavy (non-hydrogen) atoms. The lowest BCUT2D eigenvalue weighted by Crippen LogP contribution is -1.93. The van der Waals surface area contributed by atoms with Crippen LogP contribution in [0.1, 0.15) is 38.3 Å². The van der Waals surface area contributed by atoms with Gasteiger partial charge in [-0.1, -0.05) is 48.0 Å². The van der Waals surface area contributed by atoms with Crippen LogP contribution in [-0.4, -0.2) is 6.21 Å². The molecular formula is C21H21N. The molecular weight excluding hydrogens is 266 g/mol. The van der Waals surface area contributed by atoms with E-state index in [0.29, 0.717) is 0 Å². The third-order valence-electron chi connectivity index (χ3n) is 4.49. The molecule has 0 aromatic heterocycles. The number of para-hydroxylation sites is 1. The molecule has 0 atom stereocenters. The quantitative estimate of drug-likeness (QED) is 0.618. The number of nitrogens with zero attached hydrogens (tertiary/aromatic N) is 1. The highest BCUT2D eigenvalue weighted by atomic mass is 14.7. The fraction of sp³-hybridized carbons (Fsp3) is 0.190. The van der Waals surface area contributed by atoms with Crippen molar-refractivity contribution in [1.82, 2.24) is 0 Å². The summed E-state index contributed by atoms with van der Waals surface area (Å²) in [6, 6.07) is 18.6. The first-order valence-electron chi connectivity index (χ1n) is 7.72. The Morgan fingerprint density at radius 3 is 2.18 bits per heavy atom. The Kier molecular flexibility index (Phi) is 4.06. The summed E-state index contributed by atoms with van der Waals surface area (Å²) in [6.07, 6.45) is 3.03. The Labute approximate surface area is 132 Å². The first kappa shape index (κ1) is 14.5. The molecule has 0 spiro atoms. The van der Waals surface area contributed by atoms with Crippen LogP contribution in [0.3, 0.4) is 0 Å². The molecule has 0 heterocycles. The highest BCUT2D eigenvalue weighted by molar-refractivity contribution is 5.92. The summed E-state index contributed by atoms with van der Waals surface area (Å²) in [7, 11) is 0. The van der Waals surface area contributed by atoms with E-state index in [1.807, 2.05) is 36.5 Å². The van der Waals surface area contributed by atoms with E-state index in [2.05, 4.69) is 50.0 Å². The number of rotatable bonds is 3. The molecule has 0 aliphatic heterocycles. The molecule has 0 saturated carbocycles. The standard InChI is InChI=1S/C21H21N/c1-15-13-21(17(3)16(15)2)20-12-8-7-9-18(20)14-22-19-10-5-4-6-11-19/h4-12,14H,13H2,1-3H3. The number of benzene rings is 2. The normalized spacial score (nSPS) is 15.2. The van der Waals surface area contributed by atoms with E-state index >= 15 is 0 Å². The number of hydrogen-bond acceptors (Lipinski definition) is 1. The molecule has 0 N–H and O–H groups in total. The molecule has 0 radical (unpaired) electrons. The van der Waals surface area contributed by atoms with Crippen LogP contribution in [0.2, 0.25) is 0 Å². The van der Waals surface area contributed by atoms with Crippen molar-refractivity contribution in [3.8, 4) is 0 Å². The number of hydrogen-bond donors (Lipinski definition) is 0. The van der Waals surface area contributed by atoms with Crippen molar-refractivity contribution in [2.45, 2.75) is 27.2 Å². The number of allylic oxidation sites excluding steroid dienone is 4. The zero-order valence-corrected chi connectivity index (χ0v) is 13.4. The molecule has 2 aromatic carbocycles. The zero-order chi connectivity index (χ0) is 15.5. The Morgan fingerprint density at radius 1 is 0.818 bits per heavy atom. The van der Waals surface area contributed by atoms with Crippen LogP contribution in [0.25, 0.3) is 5.57 Å². The van der Waals surface area contributed by atoms with Crippen molar-refractivity contribution in [1.29, 1.82) is 0 Å². The Hall–Kier alpha value is -2.41. The molecule has 1 aliphatic carbocycles. The minimum absolute atomic E-state index is 0.986. The molecule has 0 fully saturated rings. The van der Waals surface area contributed by atoms with E-state index in [0.717, 1.165) is 12.1 Å². The third kappa shape index (κ3) is 2.80. The van der Waals surface area contributed by atoms with E-state index in [1.165, 1.54) is 33.4 Å². The third-order valence-corrected chi connectivity index (χ3v) is 4.49. The topological polar surface area (TPSA) is 12.4 Å². The molecule has 3 rings (SSSR count). The lowest BCUT2D eigenvalue weighted by molar-refractivity contribution is 1.22. The second-order valence-electron chi connectivity index (χ2n) is 5.87. The second kappa shape index (κ2) is 6.15. The molecule has 1 heteroatoms. The SMILES string of the molecule is CC1=C(C)C(C)=C(c2ccccc2C=Nc2ccccc2)C1. The van der Waals surface area contributed by atoms with Gasteiger partial charge in [0, 0.05) is 11.8 Å². The Balaban J connectivity index is 1.97. The summed E-state index contributed by atoms with van der Waals surface area (Å²) in [5.74, 6) is 0. The maximum Gasteiger partial charge on any atom is 0.0629 e. The zero-order valence-electron chi connectivity index (χ0n) is 13.4. The van der Waals surface area contributed by atoms with Crippen LogP contribution < -0.4 is 0 Å². The van der Waals surface area contributed by atoms with Gasteiger partial charge in [-0.2, -0.15) is 0 Å². The lowest BCUT2D eigenvalue weighted by atomic mass is 9.96. The summed E-state index contributed by atoms with van der Waals surface area (Å²) < 4.78 is 0. The monoisotopic (exact) mass is 287 g/mol. The molecule has 0 bridgehead atoms. The van der Waals surface area contributed by atoms with Crippen molar-refractivity contribution in [3.05, 3.63) is 82.4 Å². The van der Waals surface area contributed by atoms with E-state index in [-0.39, 0.29) is 0 Å². The van der Waals surface area contributed by atoms with Crippen molar-refractivity contribution in [2.75, 3.05) is 0 Å². The van der Waals surface area contributed by atoms with Gasteiger partial charge in [0.1, 0.15) is 0 Å². The smallest absolute Gasteiger partial charge is 0.0629 e. The van der Waals surface area contributed by atoms with Gasteiger partial charge in [-0.15, -0.1) is 0 Å². The van der Waals surface area contributed by atoms with Gasteiger partial charge in [-0.3, -0.25) is 4.99 Å². The van der Waals surface area contributed by atoms with E-state index < -0.39 is 0 Å². The van der Waals surface area contributed by atoms with Gasteiger partial charge in [0.05, 0.1) is 5.69 Å². The van der Waals surface area contributed by atoms with Gasteiger partial charge < -0.3 is 0 Å². The molecule has 0 amide bonds. The van der Waals surface area contributed by atoms with Gasteiger partial charge in [0.2, 0.25) is 0 Å². The fourth-order valence-electron chi connectivity index (χ4n) is 2.92. The van der Waals surface area contributed by atoms with Gasteiger partial charge in [-0.05, 0) is 61.6 Å². The fourth-order valence-corrected chi connectivity index (χ4v) is 2.92. The van der Waals surface area contributed by atoms with E-state index in [1.54, 1.807) is 0 Å². The predicted molar refractivity (Wildman–Crippen MR) is 95.7 cm³/mol. The molecule has 1 nitrogen and oxygen atoms in total. The van der Waals surface area contributed by atoms with Crippen LogP contribution in [0.5, 0.6) is 0 Å². The minimum Gasteiger partial charge on any atom is -0.256 e. The van der Waals surface area contributed by atoms with Gasteiger partial charge >= 0.3 is 0 Å². The maximum absolute atomic E-state index is 4.61. The summed E-state index contributed by atoms with van der Waals surface area (Å²) in [5, 5.41) is 0. The van der Waals surface area contributed by atoms with Crippen molar-refractivity contribution >= 4 is 17.5 Å². The van der Waals surface area contributed by atoms with Crippen LogP contribution in [0.15, 0.2) is 76.3 Å². The van der Waals surface area contributed by atoms with E-state index in [4.69, 9.17) is 0 Å². The van der Waals surface area contributed by atoms with Gasteiger partial charge in [-0.25, -0.2) is 0 Å². The first-order valence-corrected chi connectivity index (χ1v) is 7.72. The predicted octanol–water partition coefficient (Wildman–Crippen LogP) is 5.95. The summed E-state index contributed by atoms with van der Waals surface area (Å²) in [5.41, 5.74) is 9.23. The lowest BCUT2D eigenvalue weighted by Gasteiger charge is -2.09. The summed E-state index contributed by atoms with van der Waals surface area (Å²) >= 11 is 0. The van der Waals surface area contributed by atoms with Crippen molar-refractivity contribution < 1.29 is 0 Å². The second-order valence-corrected chi connectivity index (χ2v) is 5.87. The molecule has 1 aliphatic rings. The maximum atomic E-state index is 4.61. The van der Waals surface area contributed by atoms with Crippen LogP contribution in [0.4, 0.5) is 5.69 Å². The van der Waals surface area contributed by atoms with Gasteiger partial charge in [0.15, 0.2) is 0 Å². The molecule has 2 aromatic rings. The number of aliphatic imine (C=N–C) groups is 1. The largest absolute Gasteiger partial charge is 0.256 e. The highest BCUT2D eigenvalue weighted by Crippen LogP contribution is 2.38. The average molecular weight is 287 g/mol. The molecule has 0 unspecified atom stereocenters. The summed E-state index contributed by atoms with van der Waals surface area (Å²) in [6.45, 7) is 6.68. The van der Waals surface area contributed by atoms with Crippen molar-refractivity contribution in [3.63, 3.8) is 0 Å².